The lowest BCUT2D eigenvalue weighted by atomic mass is 9.34. The molecule has 0 aromatic carbocycles. The van der Waals surface area contributed by atoms with Gasteiger partial charge < -0.3 is 15.2 Å². The lowest BCUT2D eigenvalue weighted by Crippen LogP contribution is -2.70. The summed E-state index contributed by atoms with van der Waals surface area (Å²) in [5, 5.41) is 11.8. The third-order valence-electron chi connectivity index (χ3n) is 3.86. The fourth-order valence-corrected chi connectivity index (χ4v) is 3.60. The largest absolute Gasteiger partial charge is 0.480 e. The minimum Gasteiger partial charge on any atom is -0.480 e. The summed E-state index contributed by atoms with van der Waals surface area (Å²) in [7, 11) is 0. The van der Waals surface area contributed by atoms with Crippen molar-refractivity contribution < 1.29 is 19.4 Å². The molecular formula is C13H21NO4. The number of rotatable bonds is 3. The van der Waals surface area contributed by atoms with Gasteiger partial charge in [-0.1, -0.05) is 6.92 Å². The number of hydrogen-bond donors (Lipinski definition) is 2. The number of aliphatic carboxylic acids is 1. The van der Waals surface area contributed by atoms with Crippen LogP contribution in [0, 0.1) is 10.8 Å². The van der Waals surface area contributed by atoms with Gasteiger partial charge in [0.15, 0.2) is 0 Å². The molecule has 0 aliphatic heterocycles. The first kappa shape index (κ1) is 13.2. The molecule has 3 aliphatic carbocycles. The van der Waals surface area contributed by atoms with E-state index in [-0.39, 0.29) is 5.41 Å². The van der Waals surface area contributed by atoms with E-state index in [1.807, 2.05) is 0 Å². The Balaban J connectivity index is 1.97. The molecule has 3 rings (SSSR count). The second kappa shape index (κ2) is 3.62. The highest BCUT2D eigenvalue weighted by atomic mass is 16.6. The van der Waals surface area contributed by atoms with Gasteiger partial charge >= 0.3 is 12.1 Å². The molecule has 1 amide bonds. The van der Waals surface area contributed by atoms with E-state index in [9.17, 15) is 14.7 Å². The van der Waals surface area contributed by atoms with Crippen molar-refractivity contribution in [2.45, 2.75) is 58.6 Å². The van der Waals surface area contributed by atoms with E-state index in [0.717, 1.165) is 19.3 Å². The monoisotopic (exact) mass is 255 g/mol. The molecule has 3 aliphatic rings. The first-order valence-corrected chi connectivity index (χ1v) is 6.28. The lowest BCUT2D eigenvalue weighted by molar-refractivity contribution is -0.214. The first-order chi connectivity index (χ1) is 8.05. The number of hydrogen-bond acceptors (Lipinski definition) is 3. The molecule has 5 nitrogen and oxygen atoms in total. The first-order valence-electron chi connectivity index (χ1n) is 6.28. The maximum atomic E-state index is 11.7. The molecule has 2 N–H and O–H groups in total. The van der Waals surface area contributed by atoms with Crippen LogP contribution >= 0.6 is 0 Å². The smallest absolute Gasteiger partial charge is 0.408 e. The molecule has 0 aromatic rings. The van der Waals surface area contributed by atoms with Gasteiger partial charge in [-0.3, -0.25) is 0 Å². The van der Waals surface area contributed by atoms with Gasteiger partial charge in [-0.15, -0.1) is 0 Å². The molecule has 0 saturated heterocycles. The van der Waals surface area contributed by atoms with Crippen molar-refractivity contribution in [3.63, 3.8) is 0 Å². The minimum atomic E-state index is -0.970. The summed E-state index contributed by atoms with van der Waals surface area (Å²) in [4.78, 5) is 23.0. The van der Waals surface area contributed by atoms with Crippen LogP contribution in [0.3, 0.4) is 0 Å². The molecule has 18 heavy (non-hydrogen) atoms. The second-order valence-corrected chi connectivity index (χ2v) is 7.12. The Morgan fingerprint density at radius 2 is 1.78 bits per heavy atom. The molecule has 102 valence electrons. The molecule has 0 unspecified atom stereocenters. The standard InChI is InChI=1S/C13H21NO4/c1-11(2,3)18-10(17)14-8(9(15)16)13-5-12(4,6-13)7-13/h8H,5-7H2,1-4H3,(H,14,17)(H,15,16)/t8-,12?,13?/m0/s1. The number of carboxylic acid groups (broad SMARTS) is 1. The molecule has 5 heteroatoms. The highest BCUT2D eigenvalue weighted by molar-refractivity contribution is 5.81. The maximum absolute atomic E-state index is 11.7. The zero-order valence-electron chi connectivity index (χ0n) is 11.4. The van der Waals surface area contributed by atoms with E-state index in [4.69, 9.17) is 4.74 Å². The average Bonchev–Trinajstić information content (AvgIpc) is 2.04. The Morgan fingerprint density at radius 1 is 1.28 bits per heavy atom. The average molecular weight is 255 g/mol. The van der Waals surface area contributed by atoms with Crippen molar-refractivity contribution in [2.24, 2.45) is 10.8 Å². The summed E-state index contributed by atoms with van der Waals surface area (Å²) < 4.78 is 5.11. The molecule has 3 saturated carbocycles. The van der Waals surface area contributed by atoms with Crippen molar-refractivity contribution in [1.82, 2.24) is 5.32 Å². The predicted molar refractivity (Wildman–Crippen MR) is 65.2 cm³/mol. The van der Waals surface area contributed by atoms with Crippen molar-refractivity contribution >= 4 is 12.1 Å². The van der Waals surface area contributed by atoms with Gasteiger partial charge in [0.05, 0.1) is 0 Å². The fraction of sp³-hybridized carbons (Fsp3) is 0.846. The van der Waals surface area contributed by atoms with Gasteiger partial charge in [0.1, 0.15) is 11.6 Å². The third-order valence-corrected chi connectivity index (χ3v) is 3.86. The Bertz CT molecular complexity index is 377. The summed E-state index contributed by atoms with van der Waals surface area (Å²) in [6, 6.07) is -0.825. The topological polar surface area (TPSA) is 75.6 Å². The van der Waals surface area contributed by atoms with E-state index < -0.39 is 23.7 Å². The highest BCUT2D eigenvalue weighted by Crippen LogP contribution is 2.74. The van der Waals surface area contributed by atoms with E-state index in [0.29, 0.717) is 5.41 Å². The van der Waals surface area contributed by atoms with Crippen LogP contribution in [0.15, 0.2) is 0 Å². The maximum Gasteiger partial charge on any atom is 0.408 e. The molecule has 0 radical (unpaired) electrons. The molecule has 0 spiro atoms. The van der Waals surface area contributed by atoms with Crippen LogP contribution in [0.25, 0.3) is 0 Å². The Kier molecular flexibility index (Phi) is 2.65. The number of amides is 1. The quantitative estimate of drug-likeness (QED) is 0.810. The van der Waals surface area contributed by atoms with Crippen LogP contribution < -0.4 is 5.32 Å². The number of carboxylic acids is 1. The summed E-state index contributed by atoms with van der Waals surface area (Å²) in [6.45, 7) is 7.42. The van der Waals surface area contributed by atoms with E-state index in [1.165, 1.54) is 0 Å². The summed E-state index contributed by atoms with van der Waals surface area (Å²) in [5.74, 6) is -0.970. The molecular weight excluding hydrogens is 234 g/mol. The number of nitrogens with one attached hydrogen (secondary N) is 1. The van der Waals surface area contributed by atoms with Crippen molar-refractivity contribution in [3.05, 3.63) is 0 Å². The molecule has 2 bridgehead atoms. The van der Waals surface area contributed by atoms with Crippen LogP contribution in [0.1, 0.15) is 47.0 Å². The summed E-state index contributed by atoms with van der Waals surface area (Å²) in [5.41, 5.74) is -0.542. The van der Waals surface area contributed by atoms with Gasteiger partial charge in [-0.2, -0.15) is 0 Å². The zero-order chi connectivity index (χ0) is 13.8. The van der Waals surface area contributed by atoms with Crippen LogP contribution in [-0.2, 0) is 9.53 Å². The Hall–Kier alpha value is -1.26. The molecule has 1 atom stereocenters. The Morgan fingerprint density at radius 3 is 2.11 bits per heavy atom. The van der Waals surface area contributed by atoms with Gasteiger partial charge in [0, 0.05) is 5.41 Å². The SMILES string of the molecule is CC12CC([C@@H](NC(=O)OC(C)(C)C)C(=O)O)(C1)C2. The Labute approximate surface area is 107 Å². The number of carbonyl (C=O) groups excluding carboxylic acids is 1. The molecule has 3 fully saturated rings. The van der Waals surface area contributed by atoms with Gasteiger partial charge in [0.2, 0.25) is 0 Å². The van der Waals surface area contributed by atoms with E-state index in [1.54, 1.807) is 20.8 Å². The van der Waals surface area contributed by atoms with E-state index >= 15 is 0 Å². The fourth-order valence-electron chi connectivity index (χ4n) is 3.60. The van der Waals surface area contributed by atoms with Crippen LogP contribution in [0.5, 0.6) is 0 Å². The van der Waals surface area contributed by atoms with Crippen molar-refractivity contribution in [2.75, 3.05) is 0 Å². The number of alkyl carbamates (subject to hydrolysis) is 1. The van der Waals surface area contributed by atoms with Crippen molar-refractivity contribution in [3.8, 4) is 0 Å². The molecule has 0 heterocycles. The van der Waals surface area contributed by atoms with Crippen LogP contribution in [0.4, 0.5) is 4.79 Å². The molecule has 0 aromatic heterocycles. The summed E-state index contributed by atoms with van der Waals surface area (Å²) >= 11 is 0. The summed E-state index contributed by atoms with van der Waals surface area (Å²) in [6.07, 6.45) is 2.00. The van der Waals surface area contributed by atoms with Gasteiger partial charge in [0.25, 0.3) is 0 Å². The van der Waals surface area contributed by atoms with E-state index in [2.05, 4.69) is 12.2 Å². The third kappa shape index (κ3) is 2.18. The number of carbonyl (C=O) groups is 2. The van der Waals surface area contributed by atoms with Crippen LogP contribution in [-0.4, -0.2) is 28.8 Å². The second-order valence-electron chi connectivity index (χ2n) is 7.12. The normalized spacial score (nSPS) is 34.9. The van der Waals surface area contributed by atoms with Crippen molar-refractivity contribution in [1.29, 1.82) is 0 Å². The van der Waals surface area contributed by atoms with Gasteiger partial charge in [-0.05, 0) is 45.4 Å². The zero-order valence-corrected chi connectivity index (χ0v) is 11.4. The lowest BCUT2D eigenvalue weighted by Gasteiger charge is -2.71. The predicted octanol–water partition coefficient (Wildman–Crippen LogP) is 2.15. The minimum absolute atomic E-state index is 0.239. The van der Waals surface area contributed by atoms with Gasteiger partial charge in [-0.25, -0.2) is 9.59 Å². The van der Waals surface area contributed by atoms with Crippen LogP contribution in [0.2, 0.25) is 0 Å². The number of ether oxygens (including phenoxy) is 1. The highest BCUT2D eigenvalue weighted by Gasteiger charge is 2.69.